The number of hydrogen-bond donors (Lipinski definition) is 1. The molecule has 1 N–H and O–H groups in total. The standard InChI is InChI=1S/C25H25N3O3S/c1-18(22-9-8-20-4-2-3-5-23(20)16-22)27-25(29)21-12-14-28(15-13-21)32(30,31)24-10-6-19(17-26)7-11-24/h2-11,16,18,21H,12-15H2,1H3,(H,27,29). The zero-order chi connectivity index (χ0) is 22.7. The van der Waals surface area contributed by atoms with Crippen LogP contribution in [-0.2, 0) is 14.8 Å². The number of piperidine rings is 1. The van der Waals surface area contributed by atoms with Crippen LogP contribution in [0.3, 0.4) is 0 Å². The lowest BCUT2D eigenvalue weighted by Gasteiger charge is -2.31. The van der Waals surface area contributed by atoms with E-state index in [9.17, 15) is 13.2 Å². The van der Waals surface area contributed by atoms with Gasteiger partial charge in [0.25, 0.3) is 0 Å². The number of carbonyl (C=O) groups is 1. The maximum Gasteiger partial charge on any atom is 0.243 e. The van der Waals surface area contributed by atoms with Crippen molar-refractivity contribution in [2.24, 2.45) is 5.92 Å². The summed E-state index contributed by atoms with van der Waals surface area (Å²) in [6, 6.07) is 22.0. The van der Waals surface area contributed by atoms with E-state index in [2.05, 4.69) is 29.6 Å². The number of nitriles is 1. The second kappa shape index (κ2) is 9.11. The van der Waals surface area contributed by atoms with Crippen molar-refractivity contribution in [2.45, 2.75) is 30.7 Å². The number of fused-ring (bicyclic) bond motifs is 1. The van der Waals surface area contributed by atoms with E-state index >= 15 is 0 Å². The topological polar surface area (TPSA) is 90.3 Å². The van der Waals surface area contributed by atoms with Gasteiger partial charge in [0.05, 0.1) is 22.6 Å². The fourth-order valence-corrected chi connectivity index (χ4v) is 5.57. The molecule has 1 amide bonds. The molecule has 32 heavy (non-hydrogen) atoms. The van der Waals surface area contributed by atoms with Crippen LogP contribution in [0.15, 0.2) is 71.6 Å². The highest BCUT2D eigenvalue weighted by molar-refractivity contribution is 7.89. The molecule has 0 bridgehead atoms. The molecule has 1 heterocycles. The monoisotopic (exact) mass is 447 g/mol. The molecule has 1 atom stereocenters. The minimum Gasteiger partial charge on any atom is -0.349 e. The van der Waals surface area contributed by atoms with Crippen molar-refractivity contribution in [1.82, 2.24) is 9.62 Å². The third-order valence-electron chi connectivity index (χ3n) is 6.08. The van der Waals surface area contributed by atoms with Gasteiger partial charge < -0.3 is 5.32 Å². The second-order valence-corrected chi connectivity index (χ2v) is 10.1. The minimum absolute atomic E-state index is 0.0407. The van der Waals surface area contributed by atoms with Gasteiger partial charge in [0.15, 0.2) is 0 Å². The minimum atomic E-state index is -3.63. The lowest BCUT2D eigenvalue weighted by molar-refractivity contribution is -0.126. The summed E-state index contributed by atoms with van der Waals surface area (Å²) in [7, 11) is -3.63. The first-order chi connectivity index (χ1) is 15.4. The van der Waals surface area contributed by atoms with Gasteiger partial charge in [0.1, 0.15) is 0 Å². The average Bonchev–Trinajstić information content (AvgIpc) is 2.83. The molecule has 0 aromatic heterocycles. The Bertz CT molecular complexity index is 1270. The summed E-state index contributed by atoms with van der Waals surface area (Å²) in [5.74, 6) is -0.258. The average molecular weight is 448 g/mol. The fourth-order valence-electron chi connectivity index (χ4n) is 4.10. The number of amides is 1. The van der Waals surface area contributed by atoms with Crippen LogP contribution in [0, 0.1) is 17.2 Å². The molecule has 1 aliphatic rings. The summed E-state index contributed by atoms with van der Waals surface area (Å²) < 4.78 is 27.2. The number of benzene rings is 3. The predicted octanol–water partition coefficient (Wildman–Crippen LogP) is 3.99. The number of hydrogen-bond acceptors (Lipinski definition) is 4. The van der Waals surface area contributed by atoms with Crippen molar-refractivity contribution in [3.63, 3.8) is 0 Å². The lowest BCUT2D eigenvalue weighted by atomic mass is 9.96. The van der Waals surface area contributed by atoms with Crippen molar-refractivity contribution < 1.29 is 13.2 Å². The third kappa shape index (κ3) is 4.52. The molecule has 3 aromatic rings. The molecular weight excluding hydrogens is 422 g/mol. The highest BCUT2D eigenvalue weighted by Gasteiger charge is 2.32. The van der Waals surface area contributed by atoms with Crippen molar-refractivity contribution in [3.8, 4) is 6.07 Å². The van der Waals surface area contributed by atoms with Gasteiger partial charge in [0, 0.05) is 19.0 Å². The van der Waals surface area contributed by atoms with E-state index in [0.717, 1.165) is 16.3 Å². The molecule has 4 rings (SSSR count). The predicted molar refractivity (Wildman–Crippen MR) is 123 cm³/mol. The van der Waals surface area contributed by atoms with Crippen LogP contribution in [0.2, 0.25) is 0 Å². The van der Waals surface area contributed by atoms with Gasteiger partial charge in [-0.05, 0) is 66.4 Å². The van der Waals surface area contributed by atoms with E-state index in [1.165, 1.54) is 28.6 Å². The molecule has 1 unspecified atom stereocenters. The first-order valence-electron chi connectivity index (χ1n) is 10.7. The largest absolute Gasteiger partial charge is 0.349 e. The highest BCUT2D eigenvalue weighted by atomic mass is 32.2. The molecule has 0 aliphatic carbocycles. The molecule has 0 radical (unpaired) electrons. The van der Waals surface area contributed by atoms with E-state index in [1.807, 2.05) is 31.2 Å². The molecular formula is C25H25N3O3S. The van der Waals surface area contributed by atoms with Crippen LogP contribution in [0.4, 0.5) is 0 Å². The maximum atomic E-state index is 12.9. The van der Waals surface area contributed by atoms with Crippen molar-refractivity contribution in [2.75, 3.05) is 13.1 Å². The molecule has 1 fully saturated rings. The van der Waals surface area contributed by atoms with Crippen molar-refractivity contribution >= 4 is 26.7 Å². The Hall–Kier alpha value is -3.21. The van der Waals surface area contributed by atoms with Gasteiger partial charge in [-0.1, -0.05) is 36.4 Å². The SMILES string of the molecule is CC(NC(=O)C1CCN(S(=O)(=O)c2ccc(C#N)cc2)CC1)c1ccc2ccccc2c1. The Kier molecular flexibility index (Phi) is 6.26. The van der Waals surface area contributed by atoms with E-state index < -0.39 is 10.0 Å². The third-order valence-corrected chi connectivity index (χ3v) is 7.99. The van der Waals surface area contributed by atoms with E-state index in [-0.39, 0.29) is 22.8 Å². The van der Waals surface area contributed by atoms with Crippen LogP contribution >= 0.6 is 0 Å². The number of rotatable bonds is 5. The maximum absolute atomic E-state index is 12.9. The summed E-state index contributed by atoms with van der Waals surface area (Å²) in [6.07, 6.45) is 0.956. The zero-order valence-corrected chi connectivity index (χ0v) is 18.7. The van der Waals surface area contributed by atoms with Gasteiger partial charge in [-0.25, -0.2) is 8.42 Å². The molecule has 3 aromatic carbocycles. The van der Waals surface area contributed by atoms with Crippen LogP contribution in [-0.4, -0.2) is 31.7 Å². The quantitative estimate of drug-likeness (QED) is 0.640. The molecule has 1 aliphatic heterocycles. The van der Waals surface area contributed by atoms with Crippen molar-refractivity contribution in [1.29, 1.82) is 5.26 Å². The number of nitrogens with zero attached hydrogens (tertiary/aromatic N) is 2. The van der Waals surface area contributed by atoms with Crippen LogP contribution in [0.5, 0.6) is 0 Å². The molecule has 6 nitrogen and oxygen atoms in total. The Labute approximate surface area is 188 Å². The van der Waals surface area contributed by atoms with Gasteiger partial charge in [-0.3, -0.25) is 4.79 Å². The van der Waals surface area contributed by atoms with Crippen LogP contribution in [0.25, 0.3) is 10.8 Å². The first-order valence-corrected chi connectivity index (χ1v) is 12.1. The summed E-state index contributed by atoms with van der Waals surface area (Å²) in [5.41, 5.74) is 1.46. The summed E-state index contributed by atoms with van der Waals surface area (Å²) >= 11 is 0. The van der Waals surface area contributed by atoms with E-state index in [1.54, 1.807) is 0 Å². The number of carbonyl (C=O) groups excluding carboxylic acids is 1. The molecule has 7 heteroatoms. The van der Waals surface area contributed by atoms with Gasteiger partial charge in [-0.2, -0.15) is 9.57 Å². The number of sulfonamides is 1. The second-order valence-electron chi connectivity index (χ2n) is 8.15. The molecule has 0 spiro atoms. The normalized spacial score (nSPS) is 16.4. The van der Waals surface area contributed by atoms with Gasteiger partial charge >= 0.3 is 0 Å². The summed E-state index contributed by atoms with van der Waals surface area (Å²) in [5, 5.41) is 14.3. The molecule has 164 valence electrons. The Morgan fingerprint density at radius 1 is 1.03 bits per heavy atom. The van der Waals surface area contributed by atoms with Gasteiger partial charge in [0.2, 0.25) is 15.9 Å². The summed E-state index contributed by atoms with van der Waals surface area (Å²) in [4.78, 5) is 13.0. The van der Waals surface area contributed by atoms with Crippen molar-refractivity contribution in [3.05, 3.63) is 77.9 Å². The van der Waals surface area contributed by atoms with Crippen LogP contribution < -0.4 is 5.32 Å². The van der Waals surface area contributed by atoms with E-state index in [0.29, 0.717) is 31.5 Å². The van der Waals surface area contributed by atoms with Gasteiger partial charge in [-0.15, -0.1) is 0 Å². The zero-order valence-electron chi connectivity index (χ0n) is 17.9. The highest BCUT2D eigenvalue weighted by Crippen LogP contribution is 2.26. The Balaban J connectivity index is 1.36. The lowest BCUT2D eigenvalue weighted by Crippen LogP contribution is -2.43. The number of nitrogens with one attached hydrogen (secondary N) is 1. The molecule has 1 saturated heterocycles. The van der Waals surface area contributed by atoms with Crippen LogP contribution in [0.1, 0.15) is 36.9 Å². The molecule has 0 saturated carbocycles. The summed E-state index contributed by atoms with van der Waals surface area (Å²) in [6.45, 7) is 2.56. The first kappa shape index (κ1) is 22.0. The Morgan fingerprint density at radius 3 is 2.34 bits per heavy atom. The Morgan fingerprint density at radius 2 is 1.69 bits per heavy atom. The van der Waals surface area contributed by atoms with E-state index in [4.69, 9.17) is 5.26 Å². The smallest absolute Gasteiger partial charge is 0.243 e. The fraction of sp³-hybridized carbons (Fsp3) is 0.280.